The summed E-state index contributed by atoms with van der Waals surface area (Å²) in [6, 6.07) is 5.03. The molecule has 0 spiro atoms. The van der Waals surface area contributed by atoms with Gasteiger partial charge in [-0.05, 0) is 67.3 Å². The molecule has 0 aliphatic heterocycles. The third-order valence-corrected chi connectivity index (χ3v) is 13.4. The van der Waals surface area contributed by atoms with Gasteiger partial charge in [-0.2, -0.15) is 0 Å². The maximum atomic E-state index is 14.0. The van der Waals surface area contributed by atoms with Gasteiger partial charge in [0.1, 0.15) is 11.0 Å². The van der Waals surface area contributed by atoms with E-state index in [9.17, 15) is 13.2 Å². The number of carbonyl (C=O) groups is 1. The number of nitrogens with zero attached hydrogens (tertiary/aromatic N) is 2. The summed E-state index contributed by atoms with van der Waals surface area (Å²) in [6.07, 6.45) is 3.98. The van der Waals surface area contributed by atoms with Gasteiger partial charge in [-0.15, -0.1) is 0 Å². The molecule has 0 unspecified atom stereocenters. The molecule has 1 amide bonds. The summed E-state index contributed by atoms with van der Waals surface area (Å²) in [7, 11) is -6.13. The van der Waals surface area contributed by atoms with Gasteiger partial charge in [0, 0.05) is 34.2 Å². The van der Waals surface area contributed by atoms with Crippen molar-refractivity contribution in [2.75, 3.05) is 13.2 Å². The summed E-state index contributed by atoms with van der Waals surface area (Å²) in [6.45, 7) is 17.8. The van der Waals surface area contributed by atoms with E-state index in [4.69, 9.17) is 9.16 Å². The molecular weight excluding hydrogens is 548 g/mol. The Morgan fingerprint density at radius 2 is 1.80 bits per heavy atom. The molecule has 0 N–H and O–H groups in total. The van der Waals surface area contributed by atoms with Crippen molar-refractivity contribution in [3.05, 3.63) is 41.5 Å². The third-order valence-electron chi connectivity index (χ3n) is 6.14. The van der Waals surface area contributed by atoms with Gasteiger partial charge < -0.3 is 9.16 Å². The number of sulfone groups is 1. The highest BCUT2D eigenvalue weighted by Gasteiger charge is 2.40. The predicted molar refractivity (Wildman–Crippen MR) is 146 cm³/mol. The minimum atomic E-state index is -4.03. The van der Waals surface area contributed by atoms with Crippen LogP contribution in [0.5, 0.6) is 0 Å². The number of rotatable bonds is 8. The number of fused-ring (bicyclic) bond motifs is 1. The van der Waals surface area contributed by atoms with Crippen LogP contribution in [0.3, 0.4) is 0 Å². The largest absolute Gasteiger partial charge is 0.444 e. The van der Waals surface area contributed by atoms with Crippen molar-refractivity contribution >= 4 is 51.0 Å². The van der Waals surface area contributed by atoms with Gasteiger partial charge in [-0.25, -0.2) is 13.2 Å². The smallest absolute Gasteiger partial charge is 0.411 e. The number of halogens is 1. The minimum absolute atomic E-state index is 0.0185. The molecule has 1 radical (unpaired) electrons. The lowest BCUT2D eigenvalue weighted by atomic mass is 10.2. The Morgan fingerprint density at radius 3 is 2.34 bits per heavy atom. The Bertz CT molecular complexity index is 1150. The summed E-state index contributed by atoms with van der Waals surface area (Å²) in [5, 5.41) is -0.0579. The molecule has 0 saturated carbocycles. The van der Waals surface area contributed by atoms with Crippen LogP contribution in [-0.4, -0.2) is 56.8 Å². The molecule has 1 heterocycles. The fourth-order valence-electron chi connectivity index (χ4n) is 3.31. The van der Waals surface area contributed by atoms with Crippen molar-refractivity contribution in [1.29, 1.82) is 0 Å². The van der Waals surface area contributed by atoms with E-state index < -0.39 is 35.2 Å². The summed E-state index contributed by atoms with van der Waals surface area (Å²) < 4.78 is 40.5. The molecule has 1 aromatic heterocycles. The number of amides is 1. The molecule has 0 bridgehead atoms. The summed E-state index contributed by atoms with van der Waals surface area (Å²) in [5.41, 5.74) is -0.786. The van der Waals surface area contributed by atoms with E-state index in [1.54, 1.807) is 58.3 Å². The predicted octanol–water partition coefficient (Wildman–Crippen LogP) is 6.58. The maximum Gasteiger partial charge on any atom is 0.411 e. The van der Waals surface area contributed by atoms with E-state index in [1.807, 2.05) is 0 Å². The van der Waals surface area contributed by atoms with Gasteiger partial charge in [0.05, 0.1) is 11.5 Å². The van der Waals surface area contributed by atoms with E-state index in [2.05, 4.69) is 54.8 Å². The number of benzene rings is 1. The van der Waals surface area contributed by atoms with Crippen molar-refractivity contribution in [3.8, 4) is 0 Å². The molecule has 1 aromatic carbocycles. The highest BCUT2D eigenvalue weighted by atomic mass is 79.9. The van der Waals surface area contributed by atoms with Gasteiger partial charge in [-0.1, -0.05) is 39.8 Å². The van der Waals surface area contributed by atoms with E-state index in [1.165, 1.54) is 11.3 Å². The second kappa shape index (κ2) is 10.9. The molecular formula is C25H38BrN2O5SSi. The van der Waals surface area contributed by atoms with E-state index >= 15 is 0 Å². The lowest BCUT2D eigenvalue weighted by molar-refractivity contribution is 0.0211. The number of carbonyl (C=O) groups excluding carboxylic acids is 1. The zero-order valence-corrected chi connectivity index (χ0v) is 25.6. The summed E-state index contributed by atoms with van der Waals surface area (Å²) in [4.78, 5) is 18.8. The molecule has 0 aliphatic carbocycles. The number of aromatic nitrogens is 1. The molecule has 0 fully saturated rings. The minimum Gasteiger partial charge on any atom is -0.444 e. The van der Waals surface area contributed by atoms with Crippen LogP contribution >= 0.6 is 15.9 Å². The highest BCUT2D eigenvalue weighted by molar-refractivity contribution is 9.10. The first-order chi connectivity index (χ1) is 15.9. The van der Waals surface area contributed by atoms with Crippen molar-refractivity contribution in [2.45, 2.75) is 82.5 Å². The first kappa shape index (κ1) is 29.7. The second-order valence-electron chi connectivity index (χ2n) is 11.0. The fourth-order valence-corrected chi connectivity index (χ4v) is 6.96. The van der Waals surface area contributed by atoms with Crippen LogP contribution in [0.4, 0.5) is 4.79 Å². The Morgan fingerprint density at radius 1 is 1.17 bits per heavy atom. The molecule has 195 valence electrons. The number of hydrogen-bond donors (Lipinski definition) is 0. The van der Waals surface area contributed by atoms with E-state index in [0.717, 1.165) is 0 Å². The number of pyridine rings is 1. The number of hydrogen-bond acceptors (Lipinski definition) is 6. The average Bonchev–Trinajstić information content (AvgIpc) is 2.70. The lowest BCUT2D eigenvalue weighted by Crippen LogP contribution is -2.50. The molecule has 2 aromatic rings. The Labute approximate surface area is 219 Å². The second-order valence-corrected chi connectivity index (χ2v) is 18.7. The molecule has 10 heteroatoms. The van der Waals surface area contributed by atoms with Crippen molar-refractivity contribution in [1.82, 2.24) is 9.88 Å². The van der Waals surface area contributed by atoms with Gasteiger partial charge in [0.2, 0.25) is 0 Å². The molecule has 1 atom stereocenters. The molecule has 7 nitrogen and oxygen atoms in total. The highest BCUT2D eigenvalue weighted by Crippen LogP contribution is 2.37. The van der Waals surface area contributed by atoms with Crippen LogP contribution in [0, 0.1) is 6.42 Å². The van der Waals surface area contributed by atoms with Gasteiger partial charge in [0.15, 0.2) is 18.2 Å². The fraction of sp³-hybridized carbons (Fsp3) is 0.560. The zero-order chi connectivity index (χ0) is 26.8. The molecule has 0 aliphatic rings. The molecule has 2 rings (SSSR count). The van der Waals surface area contributed by atoms with Crippen LogP contribution in [-0.2, 0) is 19.0 Å². The Balaban J connectivity index is 2.51. The van der Waals surface area contributed by atoms with Crippen molar-refractivity contribution in [3.63, 3.8) is 0 Å². The first-order valence-electron chi connectivity index (χ1n) is 11.6. The summed E-state index contributed by atoms with van der Waals surface area (Å²) in [5.74, 6) is 0. The van der Waals surface area contributed by atoms with E-state index in [-0.39, 0.29) is 23.1 Å². The standard InChI is InChI=1S/C25H38BrN2O5SSi/c1-10-21(34(30,31)20-13-11-12-18-16-27-17-19(26)22(18)20)28(23(29)33-24(2,3)4)14-15-32-35(8,9)25(5,6)7/h10-13,16-17,21H,14-15H2,1-9H3/t21-/m0/s1. The molecule has 0 saturated heterocycles. The van der Waals surface area contributed by atoms with Crippen LogP contribution in [0.2, 0.25) is 18.1 Å². The SMILES string of the molecule is C[CH][C@@H](N(CCO[Si](C)(C)C(C)(C)C)C(=O)OC(C)(C)C)S(=O)(=O)c1cccc2cncc(Br)c12. The van der Waals surface area contributed by atoms with Crippen molar-refractivity contribution in [2.24, 2.45) is 0 Å². The number of ether oxygens (including phenoxy) is 1. The van der Waals surface area contributed by atoms with Crippen LogP contribution in [0.15, 0.2) is 40.0 Å². The zero-order valence-electron chi connectivity index (χ0n) is 22.2. The van der Waals surface area contributed by atoms with Gasteiger partial charge >= 0.3 is 6.09 Å². The van der Waals surface area contributed by atoms with E-state index in [0.29, 0.717) is 15.2 Å². The quantitative estimate of drug-likeness (QED) is 0.325. The normalized spacial score (nSPS) is 14.1. The Hall–Kier alpha value is -1.49. The van der Waals surface area contributed by atoms with Gasteiger partial charge in [0.25, 0.3) is 0 Å². The Kier molecular flexibility index (Phi) is 9.23. The van der Waals surface area contributed by atoms with Gasteiger partial charge in [-0.3, -0.25) is 9.88 Å². The molecule has 35 heavy (non-hydrogen) atoms. The lowest BCUT2D eigenvalue weighted by Gasteiger charge is -2.38. The first-order valence-corrected chi connectivity index (χ1v) is 16.9. The van der Waals surface area contributed by atoms with Crippen LogP contribution in [0.1, 0.15) is 48.5 Å². The third kappa shape index (κ3) is 7.05. The topological polar surface area (TPSA) is 85.8 Å². The van der Waals surface area contributed by atoms with Crippen LogP contribution < -0.4 is 0 Å². The summed E-state index contributed by atoms with van der Waals surface area (Å²) >= 11 is 3.44. The van der Waals surface area contributed by atoms with Crippen molar-refractivity contribution < 1.29 is 22.4 Å². The monoisotopic (exact) mass is 585 g/mol. The maximum absolute atomic E-state index is 14.0. The average molecular weight is 587 g/mol. The van der Waals surface area contributed by atoms with Crippen LogP contribution in [0.25, 0.3) is 10.8 Å².